The van der Waals surface area contributed by atoms with Crippen molar-refractivity contribution in [3.63, 3.8) is 0 Å². The Morgan fingerprint density at radius 2 is 2.00 bits per heavy atom. The van der Waals surface area contributed by atoms with Crippen LogP contribution in [0.15, 0.2) is 61.3 Å². The maximum absolute atomic E-state index is 12.7. The zero-order chi connectivity index (χ0) is 23.2. The van der Waals surface area contributed by atoms with Crippen molar-refractivity contribution in [2.75, 3.05) is 5.73 Å². The van der Waals surface area contributed by atoms with Crippen LogP contribution in [0.4, 0.5) is 5.82 Å². The summed E-state index contributed by atoms with van der Waals surface area (Å²) in [4.78, 5) is 31.9. The Kier molecular flexibility index (Phi) is 4.70. The van der Waals surface area contributed by atoms with Crippen LogP contribution in [0.3, 0.4) is 0 Å². The summed E-state index contributed by atoms with van der Waals surface area (Å²) in [5.74, 6) is 0.204. The number of nitrogens with one attached hydrogen (secondary N) is 3. The lowest BCUT2D eigenvalue weighted by atomic mass is 10.1. The molecule has 0 aliphatic rings. The molecule has 2 aromatic carbocycles. The zero-order valence-electron chi connectivity index (χ0n) is 17.8. The van der Waals surface area contributed by atoms with Crippen molar-refractivity contribution in [3.05, 3.63) is 83.2 Å². The van der Waals surface area contributed by atoms with Gasteiger partial charge in [-0.2, -0.15) is 0 Å². The minimum absolute atomic E-state index is 0.137. The van der Waals surface area contributed by atoms with Crippen molar-refractivity contribution in [2.24, 2.45) is 0 Å². The van der Waals surface area contributed by atoms with Gasteiger partial charge in [0.1, 0.15) is 11.8 Å². The number of carbonyl (C=O) groups is 1. The smallest absolute Gasteiger partial charge is 0.251 e. The number of imidazole rings is 1. The number of amides is 1. The predicted octanol–water partition coefficient (Wildman–Crippen LogP) is 4.00. The van der Waals surface area contributed by atoms with Gasteiger partial charge in [0.25, 0.3) is 5.91 Å². The molecule has 0 radical (unpaired) electrons. The Morgan fingerprint density at radius 3 is 2.91 bits per heavy atom. The molecule has 5 N–H and O–H groups in total. The van der Waals surface area contributed by atoms with Crippen LogP contribution in [0.25, 0.3) is 33.0 Å². The number of anilines is 1. The molecule has 0 saturated carbocycles. The summed E-state index contributed by atoms with van der Waals surface area (Å²) < 4.78 is 1.90. The summed E-state index contributed by atoms with van der Waals surface area (Å²) in [5, 5.41) is 5.56. The number of nitrogens with two attached hydrogens (primary N) is 1. The Hall–Kier alpha value is -4.37. The zero-order valence-corrected chi connectivity index (χ0v) is 18.6. The molecule has 0 saturated heterocycles. The molecule has 34 heavy (non-hydrogen) atoms. The molecule has 10 heteroatoms. The quantitative estimate of drug-likeness (QED) is 0.302. The maximum Gasteiger partial charge on any atom is 0.251 e. The van der Waals surface area contributed by atoms with E-state index in [4.69, 9.17) is 17.3 Å². The van der Waals surface area contributed by atoms with E-state index < -0.39 is 0 Å². The molecule has 0 fully saturated rings. The van der Waals surface area contributed by atoms with Gasteiger partial charge < -0.3 is 25.6 Å². The van der Waals surface area contributed by atoms with Gasteiger partial charge in [-0.05, 0) is 48.0 Å². The molecular formula is C24H19ClN8O. The van der Waals surface area contributed by atoms with Gasteiger partial charge in [-0.15, -0.1) is 0 Å². The number of fused-ring (bicyclic) bond motifs is 3. The first kappa shape index (κ1) is 20.3. The molecular weight excluding hydrogens is 452 g/mol. The number of nitrogens with zero attached hydrogens (tertiary/aromatic N) is 4. The standard InChI is InChI=1S/C24H19ClN8O/c25-17-6-15-8-18(9-28-24(34)14-1-2-19-13(5-14)3-4-27-19)32-20(15)16(7-17)10-33-12-31-21-22(26)29-11-30-23(21)33/h1-8,11-12,27,32H,9-10H2,(H,28,34)(H2,26,29,30). The second-order valence-corrected chi connectivity index (χ2v) is 8.53. The Morgan fingerprint density at radius 1 is 1.09 bits per heavy atom. The monoisotopic (exact) mass is 470 g/mol. The van der Waals surface area contributed by atoms with Gasteiger partial charge in [0.15, 0.2) is 11.5 Å². The van der Waals surface area contributed by atoms with Crippen LogP contribution in [0.5, 0.6) is 0 Å². The third-order valence-corrected chi connectivity index (χ3v) is 6.07. The van der Waals surface area contributed by atoms with Gasteiger partial charge in [0.2, 0.25) is 0 Å². The number of carbonyl (C=O) groups excluding carboxylic acids is 1. The SMILES string of the molecule is Nc1ncnc2c1ncn2Cc1cc(Cl)cc2cc(CNC(=O)c3ccc4[nH]ccc4c3)[nH]c12. The van der Waals surface area contributed by atoms with Crippen LogP contribution >= 0.6 is 11.6 Å². The van der Waals surface area contributed by atoms with E-state index in [1.54, 1.807) is 6.33 Å². The van der Waals surface area contributed by atoms with Crippen molar-refractivity contribution in [1.29, 1.82) is 0 Å². The van der Waals surface area contributed by atoms with Gasteiger partial charge in [-0.3, -0.25) is 4.79 Å². The van der Waals surface area contributed by atoms with Gasteiger partial charge in [0.05, 0.1) is 24.9 Å². The fourth-order valence-electron chi connectivity index (χ4n) is 4.23. The van der Waals surface area contributed by atoms with Gasteiger partial charge >= 0.3 is 0 Å². The number of rotatable bonds is 5. The molecule has 4 heterocycles. The summed E-state index contributed by atoms with van der Waals surface area (Å²) in [6.07, 6.45) is 4.97. The second-order valence-electron chi connectivity index (χ2n) is 8.09. The minimum Gasteiger partial charge on any atom is -0.382 e. The molecule has 0 spiro atoms. The number of H-pyrrole nitrogens is 2. The Labute approximate surface area is 198 Å². The third-order valence-electron chi connectivity index (χ3n) is 5.86. The lowest BCUT2D eigenvalue weighted by molar-refractivity contribution is 0.0950. The predicted molar refractivity (Wildman–Crippen MR) is 132 cm³/mol. The third kappa shape index (κ3) is 3.52. The molecule has 0 atom stereocenters. The first-order valence-corrected chi connectivity index (χ1v) is 11.0. The molecule has 0 aliphatic heterocycles. The van der Waals surface area contributed by atoms with Gasteiger partial charge in [0, 0.05) is 38.8 Å². The number of nitrogen functional groups attached to an aromatic ring is 1. The summed E-state index contributed by atoms with van der Waals surface area (Å²) in [6.45, 7) is 0.848. The maximum atomic E-state index is 12.7. The Balaban J connectivity index is 1.26. The molecule has 4 aromatic heterocycles. The largest absolute Gasteiger partial charge is 0.382 e. The van der Waals surface area contributed by atoms with Crippen molar-refractivity contribution in [3.8, 4) is 0 Å². The van der Waals surface area contributed by atoms with Crippen LogP contribution in [0, 0.1) is 0 Å². The number of halogens is 1. The van der Waals surface area contributed by atoms with Crippen LogP contribution < -0.4 is 11.1 Å². The lowest BCUT2D eigenvalue weighted by Crippen LogP contribution is -2.22. The first-order chi connectivity index (χ1) is 16.5. The van der Waals surface area contributed by atoms with E-state index in [1.165, 1.54) is 6.33 Å². The molecule has 168 valence electrons. The molecule has 6 aromatic rings. The molecule has 1 amide bonds. The molecule has 0 unspecified atom stereocenters. The molecule has 0 aliphatic carbocycles. The van der Waals surface area contributed by atoms with Crippen LogP contribution in [0.1, 0.15) is 21.6 Å². The van der Waals surface area contributed by atoms with E-state index in [1.807, 2.05) is 53.2 Å². The molecule has 0 bridgehead atoms. The Bertz CT molecular complexity index is 1700. The molecule has 6 rings (SSSR count). The van der Waals surface area contributed by atoms with E-state index in [0.29, 0.717) is 40.7 Å². The van der Waals surface area contributed by atoms with Crippen molar-refractivity contribution in [1.82, 2.24) is 34.8 Å². The summed E-state index contributed by atoms with van der Waals surface area (Å²) in [6, 6.07) is 13.3. The number of hydrogen-bond acceptors (Lipinski definition) is 5. The topological polar surface area (TPSA) is 130 Å². The van der Waals surface area contributed by atoms with E-state index in [-0.39, 0.29) is 5.91 Å². The summed E-state index contributed by atoms with van der Waals surface area (Å²) in [5.41, 5.74) is 11.5. The fraction of sp³-hybridized carbons (Fsp3) is 0.0833. The highest BCUT2D eigenvalue weighted by Crippen LogP contribution is 2.27. The average molecular weight is 471 g/mol. The summed E-state index contributed by atoms with van der Waals surface area (Å²) in [7, 11) is 0. The first-order valence-electron chi connectivity index (χ1n) is 10.6. The molecule has 9 nitrogen and oxygen atoms in total. The van der Waals surface area contributed by atoms with E-state index in [0.717, 1.165) is 33.1 Å². The number of hydrogen-bond donors (Lipinski definition) is 4. The van der Waals surface area contributed by atoms with E-state index >= 15 is 0 Å². The highest BCUT2D eigenvalue weighted by molar-refractivity contribution is 6.31. The number of aromatic nitrogens is 6. The van der Waals surface area contributed by atoms with Crippen LogP contribution in [-0.4, -0.2) is 35.4 Å². The van der Waals surface area contributed by atoms with Gasteiger partial charge in [-0.25, -0.2) is 15.0 Å². The number of aromatic amines is 2. The number of benzene rings is 2. The normalized spacial score (nSPS) is 11.6. The lowest BCUT2D eigenvalue weighted by Gasteiger charge is -2.07. The van der Waals surface area contributed by atoms with Gasteiger partial charge in [-0.1, -0.05) is 11.6 Å². The van der Waals surface area contributed by atoms with Crippen molar-refractivity contribution >= 4 is 56.3 Å². The van der Waals surface area contributed by atoms with Crippen LogP contribution in [0.2, 0.25) is 5.02 Å². The van der Waals surface area contributed by atoms with Crippen molar-refractivity contribution < 1.29 is 4.79 Å². The summed E-state index contributed by atoms with van der Waals surface area (Å²) >= 11 is 6.41. The average Bonchev–Trinajstić information content (AvgIpc) is 3.56. The highest BCUT2D eigenvalue weighted by atomic mass is 35.5. The fourth-order valence-corrected chi connectivity index (χ4v) is 4.48. The van der Waals surface area contributed by atoms with Crippen LogP contribution in [-0.2, 0) is 13.1 Å². The van der Waals surface area contributed by atoms with E-state index in [2.05, 4.69) is 30.2 Å². The minimum atomic E-state index is -0.137. The second kappa shape index (κ2) is 7.89. The van der Waals surface area contributed by atoms with Crippen molar-refractivity contribution in [2.45, 2.75) is 13.1 Å². The highest BCUT2D eigenvalue weighted by Gasteiger charge is 2.13. The van der Waals surface area contributed by atoms with E-state index in [9.17, 15) is 4.79 Å².